The number of carbonyl (C=O) groups excluding carboxylic acids is 2. The molecule has 0 aliphatic rings. The Kier molecular flexibility index (Phi) is 17.2. The molecule has 0 radical (unpaired) electrons. The van der Waals surface area contributed by atoms with Crippen molar-refractivity contribution in [3.63, 3.8) is 0 Å². The van der Waals surface area contributed by atoms with Gasteiger partial charge in [0.15, 0.2) is 0 Å². The first-order valence-electron chi connectivity index (χ1n) is 12.4. The number of carbonyl (C=O) groups is 2. The van der Waals surface area contributed by atoms with Gasteiger partial charge < -0.3 is 19.5 Å². The number of ketones is 1. The molecule has 0 saturated carbocycles. The average Bonchev–Trinajstić information content (AvgIpc) is 2.63. The van der Waals surface area contributed by atoms with Gasteiger partial charge in [0.25, 0.3) is 0 Å². The number of quaternary nitrogens is 1. The van der Waals surface area contributed by atoms with Crippen LogP contribution in [0.15, 0.2) is 0 Å². The van der Waals surface area contributed by atoms with Crippen molar-refractivity contribution in [2.24, 2.45) is 5.92 Å². The summed E-state index contributed by atoms with van der Waals surface area (Å²) in [6.45, 7) is 2.47. The van der Waals surface area contributed by atoms with Crippen molar-refractivity contribution >= 4 is 11.8 Å². The second kappa shape index (κ2) is 17.7. The van der Waals surface area contributed by atoms with Crippen LogP contribution in [0.1, 0.15) is 110 Å². The fourth-order valence-electron chi connectivity index (χ4n) is 4.00. The highest BCUT2D eigenvalue weighted by atomic mass is 16.4. The third-order valence-corrected chi connectivity index (χ3v) is 5.75. The normalized spacial score (nSPS) is 13.9. The molecule has 178 valence electrons. The van der Waals surface area contributed by atoms with E-state index in [2.05, 4.69) is 6.92 Å². The Labute approximate surface area is 185 Å². The van der Waals surface area contributed by atoms with Crippen LogP contribution in [-0.2, 0) is 9.59 Å². The van der Waals surface area contributed by atoms with Crippen molar-refractivity contribution in [2.45, 2.75) is 116 Å². The van der Waals surface area contributed by atoms with Crippen molar-refractivity contribution in [3.05, 3.63) is 0 Å². The number of rotatable bonds is 21. The van der Waals surface area contributed by atoms with Gasteiger partial charge >= 0.3 is 0 Å². The highest BCUT2D eigenvalue weighted by molar-refractivity contribution is 5.98. The molecule has 0 saturated heterocycles. The quantitative estimate of drug-likeness (QED) is 0.169. The van der Waals surface area contributed by atoms with Crippen LogP contribution in [0, 0.1) is 5.92 Å². The molecule has 30 heavy (non-hydrogen) atoms. The van der Waals surface area contributed by atoms with Gasteiger partial charge in [-0.15, -0.1) is 0 Å². The summed E-state index contributed by atoms with van der Waals surface area (Å²) in [6, 6.07) is 0. The minimum atomic E-state index is -1.46. The number of carboxylic acid groups (broad SMARTS) is 1. The molecule has 0 bridgehead atoms. The summed E-state index contributed by atoms with van der Waals surface area (Å²) in [4.78, 5) is 23.6. The molecule has 2 atom stereocenters. The van der Waals surface area contributed by atoms with E-state index < -0.39 is 23.8 Å². The standard InChI is InChI=1S/C25H49NO4/c1-5-6-7-8-9-10-11-12-13-14-15-16-17-18-19-20-22(27)24(25(29)30)23(28)21-26(2,3)4/h23-24,28H,5-21H2,1-4H3. The number of nitrogens with zero attached hydrogens (tertiary/aromatic N) is 1. The highest BCUT2D eigenvalue weighted by Gasteiger charge is 2.31. The van der Waals surface area contributed by atoms with E-state index in [4.69, 9.17) is 0 Å². The van der Waals surface area contributed by atoms with Crippen LogP contribution in [0.25, 0.3) is 0 Å². The lowest BCUT2D eigenvalue weighted by Crippen LogP contribution is -2.51. The number of unbranched alkanes of at least 4 members (excludes halogenated alkanes) is 14. The van der Waals surface area contributed by atoms with E-state index in [1.165, 1.54) is 77.0 Å². The molecule has 0 aromatic rings. The van der Waals surface area contributed by atoms with Gasteiger partial charge in [0.1, 0.15) is 18.4 Å². The zero-order chi connectivity index (χ0) is 22.8. The second-order valence-corrected chi connectivity index (χ2v) is 10.0. The van der Waals surface area contributed by atoms with Gasteiger partial charge in [-0.25, -0.2) is 0 Å². The third kappa shape index (κ3) is 16.8. The van der Waals surface area contributed by atoms with Crippen molar-refractivity contribution in [1.29, 1.82) is 0 Å². The Bertz CT molecular complexity index is 445. The average molecular weight is 428 g/mol. The number of likely N-dealkylation sites (N-methyl/N-ethyl adjacent to an activating group) is 1. The third-order valence-electron chi connectivity index (χ3n) is 5.75. The molecule has 2 unspecified atom stereocenters. The van der Waals surface area contributed by atoms with Crippen molar-refractivity contribution in [3.8, 4) is 0 Å². The number of Topliss-reactive ketones (excluding diaryl/α,β-unsaturated/α-hetero) is 1. The minimum absolute atomic E-state index is 0.212. The number of aliphatic hydroxyl groups excluding tert-OH is 1. The molecule has 0 spiro atoms. The van der Waals surface area contributed by atoms with Crippen LogP contribution in [0.2, 0.25) is 0 Å². The molecule has 0 aromatic carbocycles. The summed E-state index contributed by atoms with van der Waals surface area (Å²) in [5, 5.41) is 21.5. The summed E-state index contributed by atoms with van der Waals surface area (Å²) in [5.74, 6) is -3.26. The summed E-state index contributed by atoms with van der Waals surface area (Å²) < 4.78 is 0.400. The van der Waals surface area contributed by atoms with E-state index >= 15 is 0 Å². The smallest absolute Gasteiger partial charge is 0.144 e. The molecule has 0 aromatic heterocycles. The highest BCUT2D eigenvalue weighted by Crippen LogP contribution is 2.16. The molecular weight excluding hydrogens is 378 g/mol. The first-order valence-corrected chi connectivity index (χ1v) is 12.4. The molecule has 0 fully saturated rings. The molecule has 0 aliphatic carbocycles. The van der Waals surface area contributed by atoms with E-state index in [1.807, 2.05) is 21.1 Å². The number of hydrogen-bond acceptors (Lipinski definition) is 4. The van der Waals surface area contributed by atoms with Crippen LogP contribution in [-0.4, -0.2) is 55.1 Å². The maximum Gasteiger partial charge on any atom is 0.144 e. The Morgan fingerprint density at radius 2 is 1.10 bits per heavy atom. The fraction of sp³-hybridized carbons (Fsp3) is 0.920. The van der Waals surface area contributed by atoms with Gasteiger partial charge in [0, 0.05) is 6.42 Å². The van der Waals surface area contributed by atoms with Crippen LogP contribution >= 0.6 is 0 Å². The van der Waals surface area contributed by atoms with Gasteiger partial charge in [-0.1, -0.05) is 96.8 Å². The van der Waals surface area contributed by atoms with Crippen molar-refractivity contribution in [2.75, 3.05) is 27.7 Å². The first-order chi connectivity index (χ1) is 14.2. The minimum Gasteiger partial charge on any atom is -0.549 e. The molecule has 0 amide bonds. The SMILES string of the molecule is CCCCCCCCCCCCCCCCCC(=O)C(C(=O)[O-])C(O)C[N+](C)(C)C. The summed E-state index contributed by atoms with van der Waals surface area (Å²) in [7, 11) is 5.57. The molecule has 0 heterocycles. The Morgan fingerprint density at radius 1 is 0.733 bits per heavy atom. The Balaban J connectivity index is 3.68. The van der Waals surface area contributed by atoms with Gasteiger partial charge in [0.2, 0.25) is 0 Å². The van der Waals surface area contributed by atoms with Crippen LogP contribution in [0.5, 0.6) is 0 Å². The Hall–Kier alpha value is -0.940. The molecule has 5 nitrogen and oxygen atoms in total. The predicted molar refractivity (Wildman–Crippen MR) is 122 cm³/mol. The molecule has 1 N–H and O–H groups in total. The lowest BCUT2D eigenvalue weighted by molar-refractivity contribution is -0.873. The molecule has 5 heteroatoms. The van der Waals surface area contributed by atoms with Gasteiger partial charge in [-0.2, -0.15) is 0 Å². The summed E-state index contributed by atoms with van der Waals surface area (Å²) >= 11 is 0. The van der Waals surface area contributed by atoms with E-state index in [0.717, 1.165) is 12.8 Å². The topological polar surface area (TPSA) is 77.4 Å². The first kappa shape index (κ1) is 29.1. The largest absolute Gasteiger partial charge is 0.549 e. The maximum absolute atomic E-state index is 12.3. The predicted octanol–water partition coefficient (Wildman–Crippen LogP) is 4.25. The number of carboxylic acids is 1. The van der Waals surface area contributed by atoms with Crippen molar-refractivity contribution < 1.29 is 24.3 Å². The van der Waals surface area contributed by atoms with Crippen LogP contribution in [0.3, 0.4) is 0 Å². The molecule has 0 rings (SSSR count). The van der Waals surface area contributed by atoms with Gasteiger partial charge in [-0.3, -0.25) is 4.79 Å². The Morgan fingerprint density at radius 3 is 1.43 bits per heavy atom. The van der Waals surface area contributed by atoms with E-state index in [-0.39, 0.29) is 13.0 Å². The fourth-order valence-corrected chi connectivity index (χ4v) is 4.00. The monoisotopic (exact) mass is 427 g/mol. The molecular formula is C25H49NO4. The zero-order valence-corrected chi connectivity index (χ0v) is 20.3. The lowest BCUT2D eigenvalue weighted by atomic mass is 9.93. The number of aliphatic hydroxyl groups is 1. The van der Waals surface area contributed by atoms with Gasteiger partial charge in [0.05, 0.1) is 33.0 Å². The molecule has 0 aliphatic heterocycles. The lowest BCUT2D eigenvalue weighted by Gasteiger charge is -2.30. The zero-order valence-electron chi connectivity index (χ0n) is 20.3. The van der Waals surface area contributed by atoms with E-state index in [1.54, 1.807) is 0 Å². The van der Waals surface area contributed by atoms with Gasteiger partial charge in [-0.05, 0) is 6.42 Å². The second-order valence-electron chi connectivity index (χ2n) is 10.0. The van der Waals surface area contributed by atoms with Crippen LogP contribution < -0.4 is 5.11 Å². The number of aliphatic carboxylic acids is 1. The van der Waals surface area contributed by atoms with Crippen molar-refractivity contribution in [1.82, 2.24) is 0 Å². The summed E-state index contributed by atoms with van der Waals surface area (Å²) in [6.07, 6.45) is 17.8. The van der Waals surface area contributed by atoms with Crippen LogP contribution in [0.4, 0.5) is 0 Å². The van der Waals surface area contributed by atoms with E-state index in [9.17, 15) is 19.8 Å². The maximum atomic E-state index is 12.3. The summed E-state index contributed by atoms with van der Waals surface area (Å²) in [5.41, 5.74) is 0. The van der Waals surface area contributed by atoms with E-state index in [0.29, 0.717) is 10.9 Å². The number of hydrogen-bond donors (Lipinski definition) is 1.